The summed E-state index contributed by atoms with van der Waals surface area (Å²) in [6.45, 7) is 2.19. The predicted molar refractivity (Wildman–Crippen MR) is 107 cm³/mol. The van der Waals surface area contributed by atoms with E-state index in [9.17, 15) is 17.6 Å². The van der Waals surface area contributed by atoms with E-state index >= 15 is 0 Å². The van der Waals surface area contributed by atoms with E-state index in [0.29, 0.717) is 35.5 Å². The molecule has 2 aromatic carbocycles. The lowest BCUT2D eigenvalue weighted by atomic mass is 10.0. The largest absolute Gasteiger partial charge is 0.487 e. The number of anilines is 1. The van der Waals surface area contributed by atoms with Crippen molar-refractivity contribution < 1.29 is 22.3 Å². The summed E-state index contributed by atoms with van der Waals surface area (Å²) in [6.07, 6.45) is 2.98. The molecule has 0 unspecified atom stereocenters. The molecule has 0 saturated heterocycles. The van der Waals surface area contributed by atoms with Crippen molar-refractivity contribution >= 4 is 22.0 Å². The second-order valence-corrected chi connectivity index (χ2v) is 8.94. The summed E-state index contributed by atoms with van der Waals surface area (Å²) in [7, 11) is -3.40. The number of para-hydroxylation sites is 1. The van der Waals surface area contributed by atoms with Crippen LogP contribution < -0.4 is 9.04 Å². The van der Waals surface area contributed by atoms with Crippen molar-refractivity contribution in [1.29, 1.82) is 0 Å². The van der Waals surface area contributed by atoms with Crippen LogP contribution in [0.3, 0.4) is 0 Å². The third-order valence-corrected chi connectivity index (χ3v) is 6.65. The standard InChI is InChI=1S/C21H24FNO4S/c1-2-28(25,26)23-12-4-7-18-6-3-9-20(21(18)23)27-15-16-10-11-17(8-5-13-24)19(22)14-16/h3,6,9-11,13-14H,2,4-5,7-8,12,15H2,1H3. The monoisotopic (exact) mass is 405 g/mol. The van der Waals surface area contributed by atoms with Crippen molar-refractivity contribution in [1.82, 2.24) is 0 Å². The Hall–Kier alpha value is -2.41. The van der Waals surface area contributed by atoms with Crippen molar-refractivity contribution in [2.75, 3.05) is 16.6 Å². The van der Waals surface area contributed by atoms with Gasteiger partial charge < -0.3 is 9.53 Å². The molecule has 7 heteroatoms. The summed E-state index contributed by atoms with van der Waals surface area (Å²) < 4.78 is 46.5. The first-order valence-corrected chi connectivity index (χ1v) is 11.0. The third kappa shape index (κ3) is 4.35. The second-order valence-electron chi connectivity index (χ2n) is 6.76. The summed E-state index contributed by atoms with van der Waals surface area (Å²) in [4.78, 5) is 10.5. The van der Waals surface area contributed by atoms with Crippen LogP contribution in [0.2, 0.25) is 0 Å². The molecular formula is C21H24FNO4S. The van der Waals surface area contributed by atoms with Gasteiger partial charge in [0, 0.05) is 13.0 Å². The first-order valence-electron chi connectivity index (χ1n) is 9.42. The molecule has 1 aliphatic heterocycles. The highest BCUT2D eigenvalue weighted by molar-refractivity contribution is 7.92. The number of aldehydes is 1. The van der Waals surface area contributed by atoms with Crippen molar-refractivity contribution in [2.24, 2.45) is 0 Å². The Bertz CT molecular complexity index is 959. The normalized spacial score (nSPS) is 13.9. The highest BCUT2D eigenvalue weighted by Crippen LogP contribution is 2.38. The zero-order valence-electron chi connectivity index (χ0n) is 15.9. The summed E-state index contributed by atoms with van der Waals surface area (Å²) in [6, 6.07) is 10.3. The van der Waals surface area contributed by atoms with Crippen LogP contribution in [0.5, 0.6) is 5.75 Å². The number of nitrogens with zero attached hydrogens (tertiary/aromatic N) is 1. The van der Waals surface area contributed by atoms with Crippen LogP contribution in [0.1, 0.15) is 36.5 Å². The first kappa shape index (κ1) is 20.3. The molecule has 0 radical (unpaired) electrons. The fourth-order valence-corrected chi connectivity index (χ4v) is 4.59. The molecule has 28 heavy (non-hydrogen) atoms. The smallest absolute Gasteiger partial charge is 0.235 e. The topological polar surface area (TPSA) is 63.7 Å². The lowest BCUT2D eigenvalue weighted by Gasteiger charge is -2.31. The van der Waals surface area contributed by atoms with Crippen LogP contribution in [0, 0.1) is 5.82 Å². The van der Waals surface area contributed by atoms with Gasteiger partial charge in [-0.15, -0.1) is 0 Å². The molecular weight excluding hydrogens is 381 g/mol. The Labute approximate surface area is 165 Å². The van der Waals surface area contributed by atoms with E-state index in [-0.39, 0.29) is 24.6 Å². The van der Waals surface area contributed by atoms with Gasteiger partial charge in [-0.25, -0.2) is 12.8 Å². The van der Waals surface area contributed by atoms with Crippen molar-refractivity contribution in [3.05, 3.63) is 58.9 Å². The van der Waals surface area contributed by atoms with Crippen LogP contribution in [0.4, 0.5) is 10.1 Å². The Kier molecular flexibility index (Phi) is 6.34. The number of rotatable bonds is 8. The van der Waals surface area contributed by atoms with Crippen molar-refractivity contribution in [2.45, 2.75) is 39.2 Å². The van der Waals surface area contributed by atoms with Gasteiger partial charge in [0.25, 0.3) is 0 Å². The highest BCUT2D eigenvalue weighted by Gasteiger charge is 2.29. The summed E-state index contributed by atoms with van der Waals surface area (Å²) in [5.41, 5.74) is 2.67. The van der Waals surface area contributed by atoms with Crippen LogP contribution in [0.15, 0.2) is 36.4 Å². The molecule has 150 valence electrons. The Morgan fingerprint density at radius 1 is 1.25 bits per heavy atom. The molecule has 0 aromatic heterocycles. The molecule has 0 spiro atoms. The van der Waals surface area contributed by atoms with Gasteiger partial charge in [0.05, 0.1) is 11.4 Å². The number of sulfonamides is 1. The molecule has 0 aliphatic carbocycles. The van der Waals surface area contributed by atoms with Crippen LogP contribution in [-0.4, -0.2) is 27.0 Å². The number of carbonyl (C=O) groups excluding carboxylic acids is 1. The van der Waals surface area contributed by atoms with Gasteiger partial charge in [-0.1, -0.05) is 24.3 Å². The van der Waals surface area contributed by atoms with Crippen molar-refractivity contribution in [3.63, 3.8) is 0 Å². The zero-order chi connectivity index (χ0) is 20.1. The van der Waals surface area contributed by atoms with E-state index in [1.165, 1.54) is 10.4 Å². The fourth-order valence-electron chi connectivity index (χ4n) is 3.39. The molecule has 0 amide bonds. The summed E-state index contributed by atoms with van der Waals surface area (Å²) >= 11 is 0. The van der Waals surface area contributed by atoms with E-state index in [4.69, 9.17) is 4.74 Å². The average Bonchev–Trinajstić information content (AvgIpc) is 2.71. The molecule has 1 heterocycles. The molecule has 0 fully saturated rings. The molecule has 2 aromatic rings. The quantitative estimate of drug-likeness (QED) is 0.629. The first-order chi connectivity index (χ1) is 13.5. The Morgan fingerprint density at radius 3 is 2.79 bits per heavy atom. The summed E-state index contributed by atoms with van der Waals surface area (Å²) in [5.74, 6) is 0.140. The highest BCUT2D eigenvalue weighted by atomic mass is 32.2. The number of benzene rings is 2. The SMILES string of the molecule is CCS(=O)(=O)N1CCCc2cccc(OCc3ccc(CCC=O)c(F)c3)c21. The maximum atomic E-state index is 14.2. The summed E-state index contributed by atoms with van der Waals surface area (Å²) in [5, 5.41) is 0. The van der Waals surface area contributed by atoms with Crippen LogP contribution in [-0.2, 0) is 34.3 Å². The second kappa shape index (κ2) is 8.73. The number of ether oxygens (including phenoxy) is 1. The van der Waals surface area contributed by atoms with Gasteiger partial charge in [-0.05, 0) is 55.0 Å². The molecule has 0 N–H and O–H groups in total. The van der Waals surface area contributed by atoms with E-state index in [0.717, 1.165) is 24.7 Å². The maximum Gasteiger partial charge on any atom is 0.235 e. The number of carbonyl (C=O) groups is 1. The van der Waals surface area contributed by atoms with E-state index in [2.05, 4.69) is 0 Å². The lowest BCUT2D eigenvalue weighted by Crippen LogP contribution is -2.36. The van der Waals surface area contributed by atoms with E-state index in [1.807, 2.05) is 12.1 Å². The minimum absolute atomic E-state index is 0.0221. The molecule has 0 atom stereocenters. The fraction of sp³-hybridized carbons (Fsp3) is 0.381. The number of fused-ring (bicyclic) bond motifs is 1. The Balaban J connectivity index is 1.83. The van der Waals surface area contributed by atoms with Crippen molar-refractivity contribution in [3.8, 4) is 5.75 Å². The van der Waals surface area contributed by atoms with Gasteiger partial charge in [0.1, 0.15) is 24.5 Å². The number of aryl methyl sites for hydroxylation is 2. The minimum atomic E-state index is -3.40. The molecule has 5 nitrogen and oxygen atoms in total. The number of halogens is 1. The van der Waals surface area contributed by atoms with Gasteiger partial charge in [0.15, 0.2) is 0 Å². The van der Waals surface area contributed by atoms with Crippen LogP contribution in [0.25, 0.3) is 0 Å². The van der Waals surface area contributed by atoms with Gasteiger partial charge in [-0.2, -0.15) is 0 Å². The van der Waals surface area contributed by atoms with Gasteiger partial charge in [-0.3, -0.25) is 4.31 Å². The lowest BCUT2D eigenvalue weighted by molar-refractivity contribution is -0.107. The van der Waals surface area contributed by atoms with Crippen LogP contribution >= 0.6 is 0 Å². The maximum absolute atomic E-state index is 14.2. The Morgan fingerprint density at radius 2 is 2.07 bits per heavy atom. The number of hydrogen-bond donors (Lipinski definition) is 0. The number of hydrogen-bond acceptors (Lipinski definition) is 4. The van der Waals surface area contributed by atoms with Gasteiger partial charge in [0.2, 0.25) is 10.0 Å². The molecule has 0 bridgehead atoms. The molecule has 0 saturated carbocycles. The molecule has 1 aliphatic rings. The average molecular weight is 405 g/mol. The van der Waals surface area contributed by atoms with E-state index < -0.39 is 10.0 Å². The third-order valence-electron chi connectivity index (χ3n) is 4.88. The van der Waals surface area contributed by atoms with E-state index in [1.54, 1.807) is 25.1 Å². The predicted octanol–water partition coefficient (Wildman–Crippen LogP) is 3.64. The van der Waals surface area contributed by atoms with Gasteiger partial charge >= 0.3 is 0 Å². The minimum Gasteiger partial charge on any atom is -0.487 e. The molecule has 3 rings (SSSR count). The zero-order valence-corrected chi connectivity index (χ0v) is 16.7.